The van der Waals surface area contributed by atoms with E-state index in [1.807, 2.05) is 21.1 Å². The van der Waals surface area contributed by atoms with E-state index in [0.29, 0.717) is 17.6 Å². The Hall–Kier alpha value is -1.28. The fraction of sp³-hybridized carbons (Fsp3) is 0.788. The number of phosphoric acid groups is 1. The SMILES string of the molecule is CCCCC/C=C\C/C=C\C/C=C\CCCCCCCCCOCC(COP(=O)(O)OCC[N+](C)(C)C)OC(=O)CC. The summed E-state index contributed by atoms with van der Waals surface area (Å²) in [6.45, 7) is 4.97. The van der Waals surface area contributed by atoms with Crippen LogP contribution < -0.4 is 0 Å². The second-order valence-corrected chi connectivity index (χ2v) is 13.3. The van der Waals surface area contributed by atoms with Gasteiger partial charge in [-0.15, -0.1) is 0 Å². The summed E-state index contributed by atoms with van der Waals surface area (Å²) in [6.07, 6.45) is 29.6. The van der Waals surface area contributed by atoms with Crippen molar-refractivity contribution < 1.29 is 37.3 Å². The summed E-state index contributed by atoms with van der Waals surface area (Å²) in [4.78, 5) is 21.7. The molecular formula is C33H63NO7P+. The van der Waals surface area contributed by atoms with E-state index in [1.165, 1.54) is 57.8 Å². The molecule has 0 saturated heterocycles. The van der Waals surface area contributed by atoms with Gasteiger partial charge in [-0.3, -0.25) is 13.8 Å². The Morgan fingerprint density at radius 1 is 0.738 bits per heavy atom. The highest BCUT2D eigenvalue weighted by Crippen LogP contribution is 2.43. The first kappa shape index (κ1) is 40.7. The molecular weight excluding hydrogens is 553 g/mol. The third-order valence-electron chi connectivity index (χ3n) is 6.51. The first-order chi connectivity index (χ1) is 20.1. The Balaban J connectivity index is 3.83. The summed E-state index contributed by atoms with van der Waals surface area (Å²) in [7, 11) is 1.64. The number of hydrogen-bond donors (Lipinski definition) is 1. The van der Waals surface area contributed by atoms with E-state index in [-0.39, 0.29) is 26.2 Å². The monoisotopic (exact) mass is 616 g/mol. The molecule has 0 spiro atoms. The lowest BCUT2D eigenvalue weighted by molar-refractivity contribution is -0.870. The van der Waals surface area contributed by atoms with Gasteiger partial charge in [0.2, 0.25) is 0 Å². The molecule has 2 atom stereocenters. The first-order valence-corrected chi connectivity index (χ1v) is 17.7. The first-order valence-electron chi connectivity index (χ1n) is 16.2. The zero-order valence-corrected chi connectivity index (χ0v) is 28.4. The molecule has 0 saturated carbocycles. The highest BCUT2D eigenvalue weighted by atomic mass is 31.2. The topological polar surface area (TPSA) is 91.3 Å². The fourth-order valence-electron chi connectivity index (χ4n) is 3.88. The van der Waals surface area contributed by atoms with Gasteiger partial charge in [0.25, 0.3) is 0 Å². The van der Waals surface area contributed by atoms with Crippen molar-refractivity contribution >= 4 is 13.8 Å². The number of carbonyl (C=O) groups is 1. The highest BCUT2D eigenvalue weighted by Gasteiger charge is 2.26. The van der Waals surface area contributed by atoms with Gasteiger partial charge in [-0.05, 0) is 44.9 Å². The van der Waals surface area contributed by atoms with Gasteiger partial charge >= 0.3 is 13.8 Å². The Morgan fingerprint density at radius 2 is 1.29 bits per heavy atom. The van der Waals surface area contributed by atoms with Gasteiger partial charge in [0.05, 0.1) is 34.4 Å². The number of quaternary nitrogens is 1. The van der Waals surface area contributed by atoms with Crippen LogP contribution in [-0.4, -0.2) is 75.6 Å². The third kappa shape index (κ3) is 30.2. The second kappa shape index (κ2) is 27.3. The van der Waals surface area contributed by atoms with Crippen LogP contribution in [0.1, 0.15) is 110 Å². The van der Waals surface area contributed by atoms with E-state index in [2.05, 4.69) is 43.4 Å². The van der Waals surface area contributed by atoms with Crippen molar-refractivity contribution in [1.82, 2.24) is 0 Å². The van der Waals surface area contributed by atoms with E-state index in [4.69, 9.17) is 18.5 Å². The molecule has 0 rings (SSSR count). The van der Waals surface area contributed by atoms with Crippen molar-refractivity contribution in [3.05, 3.63) is 36.5 Å². The summed E-state index contributed by atoms with van der Waals surface area (Å²) in [6, 6.07) is 0. The molecule has 42 heavy (non-hydrogen) atoms. The van der Waals surface area contributed by atoms with Crippen LogP contribution in [0.25, 0.3) is 0 Å². The van der Waals surface area contributed by atoms with Crippen LogP contribution in [0.15, 0.2) is 36.5 Å². The van der Waals surface area contributed by atoms with Gasteiger partial charge in [0.1, 0.15) is 19.3 Å². The molecule has 0 aromatic heterocycles. The number of esters is 1. The lowest BCUT2D eigenvalue weighted by Gasteiger charge is -2.24. The molecule has 1 N–H and O–H groups in total. The van der Waals surface area contributed by atoms with Gasteiger partial charge in [0.15, 0.2) is 0 Å². The van der Waals surface area contributed by atoms with Gasteiger partial charge in [0, 0.05) is 13.0 Å². The van der Waals surface area contributed by atoms with Crippen molar-refractivity contribution in [3.8, 4) is 0 Å². The van der Waals surface area contributed by atoms with Crippen LogP contribution in [0.4, 0.5) is 0 Å². The van der Waals surface area contributed by atoms with E-state index < -0.39 is 19.9 Å². The average molecular weight is 617 g/mol. The predicted octanol–water partition coefficient (Wildman–Crippen LogP) is 8.31. The van der Waals surface area contributed by atoms with E-state index in [9.17, 15) is 14.3 Å². The Morgan fingerprint density at radius 3 is 1.86 bits per heavy atom. The van der Waals surface area contributed by atoms with Crippen LogP contribution in [0.2, 0.25) is 0 Å². The van der Waals surface area contributed by atoms with Crippen LogP contribution in [0, 0.1) is 0 Å². The highest BCUT2D eigenvalue weighted by molar-refractivity contribution is 7.47. The van der Waals surface area contributed by atoms with Crippen molar-refractivity contribution in [1.29, 1.82) is 0 Å². The predicted molar refractivity (Wildman–Crippen MR) is 173 cm³/mol. The van der Waals surface area contributed by atoms with E-state index in [0.717, 1.165) is 32.1 Å². The standard InChI is InChI=1S/C33H62NO7P/c1-6-8-9-10-11-12-13-14-15-16-17-18-19-20-21-22-23-24-25-26-28-38-30-32(41-33(35)7-2)31-40-42(36,37)39-29-27-34(3,4)5/h11-12,14-15,17-18,32H,6-10,13,16,19-31H2,1-5H3/p+1/b12-11-,15-14-,18-17-. The molecule has 246 valence electrons. The summed E-state index contributed by atoms with van der Waals surface area (Å²) >= 11 is 0. The van der Waals surface area contributed by atoms with Crippen molar-refractivity contribution in [2.24, 2.45) is 0 Å². The van der Waals surface area contributed by atoms with Crippen LogP contribution in [-0.2, 0) is 27.9 Å². The second-order valence-electron chi connectivity index (χ2n) is 11.8. The van der Waals surface area contributed by atoms with Gasteiger partial charge in [-0.25, -0.2) is 4.57 Å². The molecule has 0 aliphatic heterocycles. The van der Waals surface area contributed by atoms with Crippen LogP contribution in [0.3, 0.4) is 0 Å². The molecule has 0 fully saturated rings. The third-order valence-corrected chi connectivity index (χ3v) is 7.49. The minimum atomic E-state index is -4.23. The number of unbranched alkanes of at least 4 members (excludes halogenated alkanes) is 10. The molecule has 0 heterocycles. The van der Waals surface area contributed by atoms with Crippen molar-refractivity contribution in [2.45, 2.75) is 116 Å². The fourth-order valence-corrected chi connectivity index (χ4v) is 4.63. The molecule has 8 nitrogen and oxygen atoms in total. The maximum atomic E-state index is 12.1. The van der Waals surface area contributed by atoms with Crippen molar-refractivity contribution in [2.75, 3.05) is 54.1 Å². The Bertz CT molecular complexity index is 777. The Kier molecular flexibility index (Phi) is 26.5. The largest absolute Gasteiger partial charge is 0.472 e. The molecule has 0 bridgehead atoms. The molecule has 0 aromatic carbocycles. The number of carbonyl (C=O) groups excluding carboxylic acids is 1. The quantitative estimate of drug-likeness (QED) is 0.0297. The van der Waals surface area contributed by atoms with E-state index >= 15 is 0 Å². The molecule has 0 radical (unpaired) electrons. The molecule has 0 aliphatic carbocycles. The lowest BCUT2D eigenvalue weighted by atomic mass is 10.1. The number of hydrogen-bond acceptors (Lipinski definition) is 6. The number of rotatable bonds is 29. The maximum Gasteiger partial charge on any atom is 0.472 e. The zero-order valence-electron chi connectivity index (χ0n) is 27.5. The van der Waals surface area contributed by atoms with Gasteiger partial charge < -0.3 is 18.9 Å². The maximum absolute atomic E-state index is 12.1. The molecule has 0 aliphatic rings. The average Bonchev–Trinajstić information content (AvgIpc) is 2.93. The zero-order chi connectivity index (χ0) is 31.4. The molecule has 9 heteroatoms. The van der Waals surface area contributed by atoms with Gasteiger partial charge in [-0.2, -0.15) is 0 Å². The lowest BCUT2D eigenvalue weighted by Crippen LogP contribution is -2.37. The van der Waals surface area contributed by atoms with E-state index in [1.54, 1.807) is 6.92 Å². The van der Waals surface area contributed by atoms with Gasteiger partial charge in [-0.1, -0.05) is 95.2 Å². The summed E-state index contributed by atoms with van der Waals surface area (Å²) < 4.78 is 33.8. The minimum Gasteiger partial charge on any atom is -0.457 e. The number of ether oxygens (including phenoxy) is 2. The summed E-state index contributed by atoms with van der Waals surface area (Å²) in [5, 5.41) is 0. The molecule has 0 amide bonds. The molecule has 0 aromatic rings. The van der Waals surface area contributed by atoms with Crippen molar-refractivity contribution in [3.63, 3.8) is 0 Å². The van der Waals surface area contributed by atoms with Crippen LogP contribution in [0.5, 0.6) is 0 Å². The number of nitrogens with zero attached hydrogens (tertiary/aromatic N) is 1. The number of phosphoric ester groups is 1. The normalized spacial score (nSPS) is 14.7. The smallest absolute Gasteiger partial charge is 0.457 e. The summed E-state index contributed by atoms with van der Waals surface area (Å²) in [5.41, 5.74) is 0. The van der Waals surface area contributed by atoms with Crippen LogP contribution >= 0.6 is 7.82 Å². The minimum absolute atomic E-state index is 0.0831. The number of likely N-dealkylation sites (N-methyl/N-ethyl adjacent to an activating group) is 1. The Labute approximate surface area is 257 Å². The molecule has 2 unspecified atom stereocenters. The number of allylic oxidation sites excluding steroid dienone is 6. The summed E-state index contributed by atoms with van der Waals surface area (Å²) in [5.74, 6) is -0.408.